The van der Waals surface area contributed by atoms with Gasteiger partial charge in [-0.3, -0.25) is 0 Å². The third-order valence-corrected chi connectivity index (χ3v) is 1.64. The summed E-state index contributed by atoms with van der Waals surface area (Å²) in [6.45, 7) is 4.72. The first-order chi connectivity index (χ1) is 5.74. The van der Waals surface area contributed by atoms with Crippen LogP contribution in [0.5, 0.6) is 0 Å². The fraction of sp³-hybridized carbons (Fsp3) is 0.778. The summed E-state index contributed by atoms with van der Waals surface area (Å²) in [6.07, 6.45) is 2.31. The molecule has 0 bridgehead atoms. The van der Waals surface area contributed by atoms with Crippen LogP contribution < -0.4 is 0 Å². The Kier molecular flexibility index (Phi) is 6.57. The molecule has 0 aromatic carbocycles. The summed E-state index contributed by atoms with van der Waals surface area (Å²) in [7, 11) is 0. The van der Waals surface area contributed by atoms with Gasteiger partial charge in [-0.1, -0.05) is 6.92 Å². The second kappa shape index (κ2) is 6.98. The molecule has 0 aromatic rings. The third-order valence-electron chi connectivity index (χ3n) is 1.64. The SMILES string of the molecule is CCOCC(C=O)CC(C)C=O. The Bertz CT molecular complexity index is 134. The number of aldehydes is 2. The Morgan fingerprint density at radius 3 is 2.42 bits per heavy atom. The Balaban J connectivity index is 3.66. The van der Waals surface area contributed by atoms with Crippen LogP contribution in [0.25, 0.3) is 0 Å². The smallest absolute Gasteiger partial charge is 0.125 e. The lowest BCUT2D eigenvalue weighted by atomic mass is 9.99. The van der Waals surface area contributed by atoms with Crippen molar-refractivity contribution in [3.05, 3.63) is 0 Å². The molecule has 0 radical (unpaired) electrons. The maximum absolute atomic E-state index is 10.5. The summed E-state index contributed by atoms with van der Waals surface area (Å²) in [5.74, 6) is -0.189. The molecule has 2 unspecified atom stereocenters. The zero-order valence-electron chi connectivity index (χ0n) is 7.66. The van der Waals surface area contributed by atoms with E-state index < -0.39 is 0 Å². The fourth-order valence-corrected chi connectivity index (χ4v) is 0.965. The minimum absolute atomic E-state index is 0.0549. The molecule has 0 N–H and O–H groups in total. The zero-order valence-corrected chi connectivity index (χ0v) is 7.66. The van der Waals surface area contributed by atoms with E-state index in [0.29, 0.717) is 19.6 Å². The van der Waals surface area contributed by atoms with Crippen LogP contribution in [0.15, 0.2) is 0 Å². The van der Waals surface area contributed by atoms with E-state index in [0.717, 1.165) is 12.6 Å². The standard InChI is InChI=1S/C9H16O3/c1-3-12-7-9(6-11)4-8(2)5-10/h5-6,8-9H,3-4,7H2,1-2H3. The zero-order chi connectivity index (χ0) is 9.40. The van der Waals surface area contributed by atoms with Crippen LogP contribution >= 0.6 is 0 Å². The van der Waals surface area contributed by atoms with Gasteiger partial charge in [0.25, 0.3) is 0 Å². The van der Waals surface area contributed by atoms with Crippen LogP contribution in [0.2, 0.25) is 0 Å². The summed E-state index contributed by atoms with van der Waals surface area (Å²) in [6, 6.07) is 0. The van der Waals surface area contributed by atoms with E-state index in [9.17, 15) is 9.59 Å². The summed E-state index contributed by atoms with van der Waals surface area (Å²) < 4.78 is 5.08. The van der Waals surface area contributed by atoms with Gasteiger partial charge < -0.3 is 14.3 Å². The Morgan fingerprint density at radius 1 is 1.33 bits per heavy atom. The Hall–Kier alpha value is -0.700. The first kappa shape index (κ1) is 11.3. The van der Waals surface area contributed by atoms with E-state index in [-0.39, 0.29) is 11.8 Å². The average Bonchev–Trinajstić information content (AvgIpc) is 2.11. The predicted octanol–water partition coefficient (Wildman–Crippen LogP) is 1.06. The number of ether oxygens (including phenoxy) is 1. The average molecular weight is 172 g/mol. The van der Waals surface area contributed by atoms with Crippen molar-refractivity contribution in [2.24, 2.45) is 11.8 Å². The third kappa shape index (κ3) is 5.02. The number of carbonyl (C=O) groups is 2. The lowest BCUT2D eigenvalue weighted by molar-refractivity contribution is -0.115. The molecule has 70 valence electrons. The van der Waals surface area contributed by atoms with Gasteiger partial charge in [-0.2, -0.15) is 0 Å². The van der Waals surface area contributed by atoms with Crippen molar-refractivity contribution in [1.29, 1.82) is 0 Å². The monoisotopic (exact) mass is 172 g/mol. The van der Waals surface area contributed by atoms with Crippen molar-refractivity contribution in [1.82, 2.24) is 0 Å². The van der Waals surface area contributed by atoms with Gasteiger partial charge in [0, 0.05) is 18.4 Å². The van der Waals surface area contributed by atoms with Crippen LogP contribution in [-0.4, -0.2) is 25.8 Å². The molecule has 0 rings (SSSR count). The van der Waals surface area contributed by atoms with Crippen LogP contribution in [0, 0.1) is 11.8 Å². The molecule has 0 aliphatic heterocycles. The maximum Gasteiger partial charge on any atom is 0.125 e. The minimum Gasteiger partial charge on any atom is -0.381 e. The molecular weight excluding hydrogens is 156 g/mol. The summed E-state index contributed by atoms with van der Waals surface area (Å²) in [5, 5.41) is 0. The van der Waals surface area contributed by atoms with Gasteiger partial charge in [-0.05, 0) is 13.3 Å². The molecule has 0 heterocycles. The fourth-order valence-electron chi connectivity index (χ4n) is 0.965. The predicted molar refractivity (Wildman–Crippen MR) is 45.9 cm³/mol. The van der Waals surface area contributed by atoms with Crippen LogP contribution in [0.4, 0.5) is 0 Å². The van der Waals surface area contributed by atoms with Crippen molar-refractivity contribution < 1.29 is 14.3 Å². The van der Waals surface area contributed by atoms with E-state index >= 15 is 0 Å². The highest BCUT2D eigenvalue weighted by Crippen LogP contribution is 2.08. The minimum atomic E-state index is -0.134. The highest BCUT2D eigenvalue weighted by molar-refractivity contribution is 5.57. The number of carbonyl (C=O) groups excluding carboxylic acids is 2. The highest BCUT2D eigenvalue weighted by Gasteiger charge is 2.11. The first-order valence-electron chi connectivity index (χ1n) is 4.22. The van der Waals surface area contributed by atoms with Crippen molar-refractivity contribution >= 4 is 12.6 Å². The lowest BCUT2D eigenvalue weighted by Crippen LogP contribution is -2.15. The van der Waals surface area contributed by atoms with E-state index in [1.807, 2.05) is 6.92 Å². The molecule has 0 saturated carbocycles. The molecule has 12 heavy (non-hydrogen) atoms. The van der Waals surface area contributed by atoms with E-state index in [4.69, 9.17) is 4.74 Å². The maximum atomic E-state index is 10.5. The molecule has 0 fully saturated rings. The van der Waals surface area contributed by atoms with Gasteiger partial charge in [0.2, 0.25) is 0 Å². The number of hydrogen-bond donors (Lipinski definition) is 0. The number of hydrogen-bond acceptors (Lipinski definition) is 3. The quantitative estimate of drug-likeness (QED) is 0.539. The Morgan fingerprint density at radius 2 is 2.00 bits per heavy atom. The second-order valence-electron chi connectivity index (χ2n) is 2.90. The molecular formula is C9H16O3. The van der Waals surface area contributed by atoms with E-state index in [2.05, 4.69) is 0 Å². The van der Waals surface area contributed by atoms with Gasteiger partial charge in [-0.15, -0.1) is 0 Å². The van der Waals surface area contributed by atoms with Gasteiger partial charge in [0.05, 0.1) is 6.61 Å². The van der Waals surface area contributed by atoms with Gasteiger partial charge in [-0.25, -0.2) is 0 Å². The molecule has 0 amide bonds. The summed E-state index contributed by atoms with van der Waals surface area (Å²) in [4.78, 5) is 20.7. The van der Waals surface area contributed by atoms with Gasteiger partial charge in [0.1, 0.15) is 12.6 Å². The first-order valence-corrected chi connectivity index (χ1v) is 4.22. The van der Waals surface area contributed by atoms with Crippen LogP contribution in [0.1, 0.15) is 20.3 Å². The van der Waals surface area contributed by atoms with Crippen LogP contribution in [-0.2, 0) is 14.3 Å². The van der Waals surface area contributed by atoms with E-state index in [1.165, 1.54) is 0 Å². The van der Waals surface area contributed by atoms with Crippen molar-refractivity contribution in [2.45, 2.75) is 20.3 Å². The van der Waals surface area contributed by atoms with Crippen molar-refractivity contribution in [2.75, 3.05) is 13.2 Å². The van der Waals surface area contributed by atoms with E-state index in [1.54, 1.807) is 6.92 Å². The van der Waals surface area contributed by atoms with Crippen molar-refractivity contribution in [3.8, 4) is 0 Å². The second-order valence-corrected chi connectivity index (χ2v) is 2.90. The largest absolute Gasteiger partial charge is 0.381 e. The van der Waals surface area contributed by atoms with Gasteiger partial charge >= 0.3 is 0 Å². The molecule has 3 heteroatoms. The normalized spacial score (nSPS) is 15.2. The molecule has 0 aliphatic carbocycles. The highest BCUT2D eigenvalue weighted by atomic mass is 16.5. The van der Waals surface area contributed by atoms with Crippen molar-refractivity contribution in [3.63, 3.8) is 0 Å². The summed E-state index contributed by atoms with van der Waals surface area (Å²) in [5.41, 5.74) is 0. The molecule has 0 aliphatic rings. The lowest BCUT2D eigenvalue weighted by Gasteiger charge is -2.11. The van der Waals surface area contributed by atoms with Gasteiger partial charge in [0.15, 0.2) is 0 Å². The molecule has 0 aromatic heterocycles. The topological polar surface area (TPSA) is 43.4 Å². The summed E-state index contributed by atoms with van der Waals surface area (Å²) >= 11 is 0. The Labute approximate surface area is 73.1 Å². The number of rotatable bonds is 7. The molecule has 0 saturated heterocycles. The molecule has 2 atom stereocenters. The molecule has 3 nitrogen and oxygen atoms in total. The van der Waals surface area contributed by atoms with Crippen LogP contribution in [0.3, 0.4) is 0 Å². The molecule has 0 spiro atoms.